The Morgan fingerprint density at radius 1 is 1.09 bits per heavy atom. The second-order valence-corrected chi connectivity index (χ2v) is 6.99. The summed E-state index contributed by atoms with van der Waals surface area (Å²) in [5.41, 5.74) is 5.10. The minimum Gasteiger partial charge on any atom is -0.375 e. The van der Waals surface area contributed by atoms with E-state index in [1.54, 1.807) is 0 Å². The molecule has 7 heteroatoms. The number of nitrogens with two attached hydrogens (primary N) is 1. The molecule has 2 aliphatic heterocycles. The Bertz CT molecular complexity index is 375. The highest BCUT2D eigenvalue weighted by Crippen LogP contribution is 2.14. The molecule has 6 nitrogen and oxygen atoms in total. The Kier molecular flexibility index (Phi) is 7.48. The van der Waals surface area contributed by atoms with Crippen molar-refractivity contribution in [1.29, 1.82) is 0 Å². The molecule has 0 unspecified atom stereocenters. The summed E-state index contributed by atoms with van der Waals surface area (Å²) >= 11 is 1.29. The van der Waals surface area contributed by atoms with E-state index < -0.39 is 0 Å². The van der Waals surface area contributed by atoms with Gasteiger partial charge < -0.3 is 20.3 Å². The molecule has 0 aromatic heterocycles. The van der Waals surface area contributed by atoms with Crippen LogP contribution in [0, 0.1) is 0 Å². The highest BCUT2D eigenvalue weighted by molar-refractivity contribution is 8.00. The summed E-state index contributed by atoms with van der Waals surface area (Å²) in [6, 6.07) is 0. The molecule has 1 atom stereocenters. The maximum absolute atomic E-state index is 12.3. The van der Waals surface area contributed by atoms with Crippen molar-refractivity contribution < 1.29 is 14.3 Å². The first-order valence-electron chi connectivity index (χ1n) is 8.13. The summed E-state index contributed by atoms with van der Waals surface area (Å²) in [4.78, 5) is 27.3. The van der Waals surface area contributed by atoms with Crippen LogP contribution in [0.25, 0.3) is 0 Å². The number of likely N-dealkylation sites (tertiary alicyclic amines) is 1. The second-order valence-electron chi connectivity index (χ2n) is 6.01. The predicted octanol–water partition coefficient (Wildman–Crippen LogP) is 0.308. The molecule has 0 bridgehead atoms. The van der Waals surface area contributed by atoms with Crippen LogP contribution in [0.5, 0.6) is 0 Å². The SMILES string of the molecule is NC(=O)CSCC(=O)N1CCCO[C@@H](CN2CCCCC2)C1. The molecule has 2 saturated heterocycles. The van der Waals surface area contributed by atoms with Gasteiger partial charge in [-0.05, 0) is 32.4 Å². The van der Waals surface area contributed by atoms with E-state index in [9.17, 15) is 9.59 Å². The van der Waals surface area contributed by atoms with Gasteiger partial charge in [0.25, 0.3) is 0 Å². The van der Waals surface area contributed by atoms with Gasteiger partial charge in [0.15, 0.2) is 0 Å². The maximum atomic E-state index is 12.3. The highest BCUT2D eigenvalue weighted by Gasteiger charge is 2.24. The summed E-state index contributed by atoms with van der Waals surface area (Å²) < 4.78 is 5.91. The van der Waals surface area contributed by atoms with Crippen molar-refractivity contribution in [1.82, 2.24) is 9.80 Å². The number of amides is 2. The number of thioether (sulfide) groups is 1. The maximum Gasteiger partial charge on any atom is 0.232 e. The second kappa shape index (κ2) is 9.37. The Morgan fingerprint density at radius 2 is 1.86 bits per heavy atom. The minimum absolute atomic E-state index is 0.0837. The van der Waals surface area contributed by atoms with Crippen molar-refractivity contribution in [3.63, 3.8) is 0 Å². The lowest BCUT2D eigenvalue weighted by molar-refractivity contribution is -0.129. The van der Waals surface area contributed by atoms with Crippen molar-refractivity contribution in [3.8, 4) is 0 Å². The summed E-state index contributed by atoms with van der Waals surface area (Å²) in [6.07, 6.45) is 4.83. The van der Waals surface area contributed by atoms with Crippen molar-refractivity contribution in [2.24, 2.45) is 5.73 Å². The zero-order chi connectivity index (χ0) is 15.8. The van der Waals surface area contributed by atoms with Crippen molar-refractivity contribution in [2.75, 3.05) is 50.8 Å². The normalized spacial score (nSPS) is 24.0. The van der Waals surface area contributed by atoms with Crippen molar-refractivity contribution in [2.45, 2.75) is 31.8 Å². The Hall–Kier alpha value is -0.790. The molecule has 0 radical (unpaired) electrons. The molecule has 2 fully saturated rings. The lowest BCUT2D eigenvalue weighted by atomic mass is 10.1. The third-order valence-electron chi connectivity index (χ3n) is 4.08. The van der Waals surface area contributed by atoms with Gasteiger partial charge in [-0.15, -0.1) is 11.8 Å². The van der Waals surface area contributed by atoms with Crippen LogP contribution in [0.4, 0.5) is 0 Å². The topological polar surface area (TPSA) is 75.9 Å². The van der Waals surface area contributed by atoms with Gasteiger partial charge in [0, 0.05) is 26.2 Å². The van der Waals surface area contributed by atoms with Crippen LogP contribution >= 0.6 is 11.8 Å². The molecule has 2 heterocycles. The number of primary amides is 1. The van der Waals surface area contributed by atoms with Crippen LogP contribution < -0.4 is 5.73 Å². The van der Waals surface area contributed by atoms with Crippen LogP contribution in [0.1, 0.15) is 25.7 Å². The van der Waals surface area contributed by atoms with E-state index in [1.165, 1.54) is 31.0 Å². The van der Waals surface area contributed by atoms with E-state index >= 15 is 0 Å². The van der Waals surface area contributed by atoms with Gasteiger partial charge in [-0.2, -0.15) is 0 Å². The summed E-state index contributed by atoms with van der Waals surface area (Å²) in [7, 11) is 0. The predicted molar refractivity (Wildman–Crippen MR) is 87.7 cm³/mol. The Balaban J connectivity index is 1.78. The third kappa shape index (κ3) is 6.14. The zero-order valence-electron chi connectivity index (χ0n) is 13.2. The average Bonchev–Trinajstić information content (AvgIpc) is 2.73. The van der Waals surface area contributed by atoms with Gasteiger partial charge in [-0.1, -0.05) is 6.42 Å². The molecule has 126 valence electrons. The fourth-order valence-electron chi connectivity index (χ4n) is 2.99. The lowest BCUT2D eigenvalue weighted by Crippen LogP contribution is -2.44. The molecular weight excluding hydrogens is 302 g/mol. The quantitative estimate of drug-likeness (QED) is 0.759. The standard InChI is InChI=1S/C15H27N3O3S/c16-14(19)11-22-12-15(20)18-7-4-8-21-13(10-18)9-17-5-2-1-3-6-17/h13H,1-12H2,(H2,16,19)/t13-/m0/s1. The Morgan fingerprint density at radius 3 is 2.59 bits per heavy atom. The highest BCUT2D eigenvalue weighted by atomic mass is 32.2. The smallest absolute Gasteiger partial charge is 0.232 e. The van der Waals surface area contributed by atoms with E-state index in [1.807, 2.05) is 4.90 Å². The van der Waals surface area contributed by atoms with Gasteiger partial charge in [-0.25, -0.2) is 0 Å². The van der Waals surface area contributed by atoms with Crippen LogP contribution in [-0.2, 0) is 14.3 Å². The molecule has 2 aliphatic rings. The molecular formula is C15H27N3O3S. The number of hydrogen-bond acceptors (Lipinski definition) is 5. The monoisotopic (exact) mass is 329 g/mol. The molecule has 0 spiro atoms. The molecule has 2 N–H and O–H groups in total. The van der Waals surface area contributed by atoms with E-state index in [-0.39, 0.29) is 23.7 Å². The molecule has 0 aliphatic carbocycles. The first-order chi connectivity index (χ1) is 10.6. The Labute approximate surface area is 136 Å². The molecule has 0 aromatic carbocycles. The minimum atomic E-state index is -0.375. The van der Waals surface area contributed by atoms with Gasteiger partial charge in [0.05, 0.1) is 17.6 Å². The van der Waals surface area contributed by atoms with Crippen molar-refractivity contribution in [3.05, 3.63) is 0 Å². The van der Waals surface area contributed by atoms with E-state index in [0.717, 1.165) is 39.2 Å². The van der Waals surface area contributed by atoms with Gasteiger partial charge >= 0.3 is 0 Å². The summed E-state index contributed by atoms with van der Waals surface area (Å²) in [6.45, 7) is 5.32. The van der Waals surface area contributed by atoms with Crippen LogP contribution in [-0.4, -0.2) is 78.6 Å². The van der Waals surface area contributed by atoms with Gasteiger partial charge in [-0.3, -0.25) is 9.59 Å². The molecule has 22 heavy (non-hydrogen) atoms. The fourth-order valence-corrected chi connectivity index (χ4v) is 3.65. The van der Waals surface area contributed by atoms with E-state index in [0.29, 0.717) is 12.3 Å². The van der Waals surface area contributed by atoms with Crippen LogP contribution in [0.15, 0.2) is 0 Å². The molecule has 0 aromatic rings. The molecule has 2 amide bonds. The van der Waals surface area contributed by atoms with Gasteiger partial charge in [0.2, 0.25) is 11.8 Å². The third-order valence-corrected chi connectivity index (χ3v) is 5.02. The lowest BCUT2D eigenvalue weighted by Gasteiger charge is -2.31. The van der Waals surface area contributed by atoms with Crippen LogP contribution in [0.3, 0.4) is 0 Å². The van der Waals surface area contributed by atoms with Crippen LogP contribution in [0.2, 0.25) is 0 Å². The van der Waals surface area contributed by atoms with E-state index in [4.69, 9.17) is 10.5 Å². The first-order valence-corrected chi connectivity index (χ1v) is 9.28. The number of rotatable bonds is 6. The average molecular weight is 329 g/mol. The number of hydrogen-bond donors (Lipinski definition) is 1. The molecule has 0 saturated carbocycles. The van der Waals surface area contributed by atoms with E-state index in [2.05, 4.69) is 4.90 Å². The summed E-state index contributed by atoms with van der Waals surface area (Å²) in [5, 5.41) is 0. The molecule has 2 rings (SSSR count). The fraction of sp³-hybridized carbons (Fsp3) is 0.867. The number of ether oxygens (including phenoxy) is 1. The van der Waals surface area contributed by atoms with Crippen molar-refractivity contribution >= 4 is 23.6 Å². The number of carbonyl (C=O) groups is 2. The number of carbonyl (C=O) groups excluding carboxylic acids is 2. The first kappa shape index (κ1) is 17.6. The zero-order valence-corrected chi connectivity index (χ0v) is 14.0. The number of piperidine rings is 1. The number of nitrogens with zero attached hydrogens (tertiary/aromatic N) is 2. The largest absolute Gasteiger partial charge is 0.375 e. The van der Waals surface area contributed by atoms with Gasteiger partial charge in [0.1, 0.15) is 0 Å². The summed E-state index contributed by atoms with van der Waals surface area (Å²) in [5.74, 6) is 0.229.